The first kappa shape index (κ1) is 5.41. The van der Waals surface area contributed by atoms with Crippen LogP contribution in [0.25, 0.3) is 0 Å². The van der Waals surface area contributed by atoms with Gasteiger partial charge in [-0.15, -0.1) is 5.10 Å². The van der Waals surface area contributed by atoms with Gasteiger partial charge in [-0.05, 0) is 6.92 Å². The Hall–Kier alpha value is -0.730. The third-order valence-electron chi connectivity index (χ3n) is 0.986. The molecular weight excluding hydrogens is 104 g/mol. The summed E-state index contributed by atoms with van der Waals surface area (Å²) < 4.78 is 5.15. The lowest BCUT2D eigenvalue weighted by molar-refractivity contribution is 0.204. The van der Waals surface area contributed by atoms with Crippen LogP contribution in [0.15, 0.2) is 5.10 Å². The molecule has 0 aromatic rings. The van der Waals surface area contributed by atoms with Crippen molar-refractivity contribution in [3.63, 3.8) is 0 Å². The average molecular weight is 114 g/mol. The third kappa shape index (κ3) is 0.911. The van der Waals surface area contributed by atoms with E-state index in [1.165, 1.54) is 0 Å². The lowest BCUT2D eigenvalue weighted by atomic mass is 10.5. The van der Waals surface area contributed by atoms with Gasteiger partial charge < -0.3 is 4.74 Å². The van der Waals surface area contributed by atoms with E-state index < -0.39 is 0 Å². The maximum atomic E-state index is 5.15. The average Bonchev–Trinajstić information content (AvgIpc) is 2.14. The van der Waals surface area contributed by atoms with Crippen molar-refractivity contribution in [1.82, 2.24) is 5.43 Å². The van der Waals surface area contributed by atoms with Gasteiger partial charge in [-0.2, -0.15) is 0 Å². The zero-order chi connectivity index (χ0) is 5.98. The molecule has 0 radical (unpaired) electrons. The molecule has 0 aromatic carbocycles. The number of nitrogens with zero attached hydrogens (tertiary/aromatic N) is 1. The van der Waals surface area contributed by atoms with Crippen molar-refractivity contribution in [3.05, 3.63) is 0 Å². The first-order valence-corrected chi connectivity index (χ1v) is 2.81. The van der Waals surface area contributed by atoms with E-state index in [4.69, 9.17) is 4.74 Å². The molecular formula is C5H10N2O. The molecule has 0 amide bonds. The topological polar surface area (TPSA) is 33.6 Å². The van der Waals surface area contributed by atoms with Crippen LogP contribution in [0.2, 0.25) is 0 Å². The number of hydrogen-bond donors (Lipinski definition) is 1. The maximum absolute atomic E-state index is 5.15. The second-order valence-corrected chi connectivity index (χ2v) is 1.75. The van der Waals surface area contributed by atoms with E-state index in [9.17, 15) is 0 Å². The predicted molar refractivity (Wildman–Crippen MR) is 31.4 cm³/mol. The standard InChI is InChI=1S/C5H10N2O/c1-3-5-7-6-4(2)8-5/h4,6H,3H2,1-2H3. The monoisotopic (exact) mass is 114 g/mol. The fourth-order valence-electron chi connectivity index (χ4n) is 0.582. The highest BCUT2D eigenvalue weighted by atomic mass is 16.5. The molecule has 1 aliphatic heterocycles. The van der Waals surface area contributed by atoms with Gasteiger partial charge >= 0.3 is 0 Å². The molecule has 0 saturated heterocycles. The summed E-state index contributed by atoms with van der Waals surface area (Å²) in [6.07, 6.45) is 0.946. The van der Waals surface area contributed by atoms with Gasteiger partial charge in [0.25, 0.3) is 0 Å². The van der Waals surface area contributed by atoms with Gasteiger partial charge in [-0.3, -0.25) is 5.43 Å². The lowest BCUT2D eigenvalue weighted by Crippen LogP contribution is -2.16. The van der Waals surface area contributed by atoms with Gasteiger partial charge in [0.15, 0.2) is 6.23 Å². The van der Waals surface area contributed by atoms with Crippen molar-refractivity contribution in [1.29, 1.82) is 0 Å². The Morgan fingerprint density at radius 1 is 1.88 bits per heavy atom. The molecule has 0 fully saturated rings. The van der Waals surface area contributed by atoms with Gasteiger partial charge in [0.05, 0.1) is 0 Å². The molecule has 3 heteroatoms. The van der Waals surface area contributed by atoms with E-state index in [1.54, 1.807) is 0 Å². The molecule has 0 bridgehead atoms. The minimum absolute atomic E-state index is 0.0740. The van der Waals surface area contributed by atoms with Gasteiger partial charge in [-0.1, -0.05) is 6.92 Å². The summed E-state index contributed by atoms with van der Waals surface area (Å²) in [5.41, 5.74) is 2.79. The minimum Gasteiger partial charge on any atom is -0.455 e. The number of rotatable bonds is 1. The van der Waals surface area contributed by atoms with Gasteiger partial charge in [-0.25, -0.2) is 0 Å². The quantitative estimate of drug-likeness (QED) is 0.543. The zero-order valence-corrected chi connectivity index (χ0v) is 5.14. The molecule has 1 atom stereocenters. The Morgan fingerprint density at radius 2 is 2.62 bits per heavy atom. The summed E-state index contributed by atoms with van der Waals surface area (Å²) in [6.45, 7) is 3.94. The lowest BCUT2D eigenvalue weighted by Gasteiger charge is -2.00. The molecule has 8 heavy (non-hydrogen) atoms. The summed E-state index contributed by atoms with van der Waals surface area (Å²) in [7, 11) is 0. The highest BCUT2D eigenvalue weighted by Gasteiger charge is 2.10. The second kappa shape index (κ2) is 2.03. The number of hydrazone groups is 1. The van der Waals surface area contributed by atoms with Crippen LogP contribution in [-0.4, -0.2) is 12.1 Å². The van der Waals surface area contributed by atoms with Crippen LogP contribution in [0.5, 0.6) is 0 Å². The number of nitrogens with one attached hydrogen (secondary N) is 1. The number of ether oxygens (including phenoxy) is 1. The summed E-state index contributed by atoms with van der Waals surface area (Å²) in [5, 5.41) is 3.88. The smallest absolute Gasteiger partial charge is 0.207 e. The van der Waals surface area contributed by atoms with E-state index in [2.05, 4.69) is 10.5 Å². The largest absolute Gasteiger partial charge is 0.455 e. The molecule has 0 aromatic heterocycles. The van der Waals surface area contributed by atoms with E-state index in [0.717, 1.165) is 12.3 Å². The molecule has 46 valence electrons. The van der Waals surface area contributed by atoms with Gasteiger partial charge in [0, 0.05) is 6.42 Å². The van der Waals surface area contributed by atoms with Crippen LogP contribution in [-0.2, 0) is 4.74 Å². The Labute approximate surface area is 48.7 Å². The van der Waals surface area contributed by atoms with Crippen LogP contribution in [0.4, 0.5) is 0 Å². The second-order valence-electron chi connectivity index (χ2n) is 1.75. The van der Waals surface area contributed by atoms with Crippen molar-refractivity contribution in [2.75, 3.05) is 0 Å². The molecule has 0 aliphatic carbocycles. The first-order valence-electron chi connectivity index (χ1n) is 2.81. The molecule has 1 unspecified atom stereocenters. The van der Waals surface area contributed by atoms with E-state index in [-0.39, 0.29) is 6.23 Å². The Morgan fingerprint density at radius 3 is 2.88 bits per heavy atom. The van der Waals surface area contributed by atoms with Gasteiger partial charge in [0.1, 0.15) is 0 Å². The van der Waals surface area contributed by atoms with Crippen LogP contribution in [0.3, 0.4) is 0 Å². The van der Waals surface area contributed by atoms with Crippen molar-refractivity contribution in [3.8, 4) is 0 Å². The SMILES string of the molecule is CCC1=NNC(C)O1. The maximum Gasteiger partial charge on any atom is 0.207 e. The van der Waals surface area contributed by atoms with Crippen molar-refractivity contribution in [2.24, 2.45) is 5.10 Å². The molecule has 1 N–H and O–H groups in total. The third-order valence-corrected chi connectivity index (χ3v) is 0.986. The molecule has 1 heterocycles. The highest BCUT2D eigenvalue weighted by molar-refractivity contribution is 5.76. The van der Waals surface area contributed by atoms with E-state index >= 15 is 0 Å². The van der Waals surface area contributed by atoms with Crippen molar-refractivity contribution < 1.29 is 4.74 Å². The van der Waals surface area contributed by atoms with Crippen LogP contribution in [0.1, 0.15) is 20.3 Å². The molecule has 0 saturated carbocycles. The van der Waals surface area contributed by atoms with E-state index in [0.29, 0.717) is 0 Å². The molecule has 1 rings (SSSR count). The van der Waals surface area contributed by atoms with Crippen molar-refractivity contribution >= 4 is 5.90 Å². The fourth-order valence-corrected chi connectivity index (χ4v) is 0.582. The van der Waals surface area contributed by atoms with Crippen molar-refractivity contribution in [2.45, 2.75) is 26.5 Å². The van der Waals surface area contributed by atoms with Gasteiger partial charge in [0.2, 0.25) is 5.90 Å². The highest BCUT2D eigenvalue weighted by Crippen LogP contribution is 1.99. The predicted octanol–water partition coefficient (Wildman–Crippen LogP) is 0.676. The van der Waals surface area contributed by atoms with Crippen LogP contribution >= 0.6 is 0 Å². The Kier molecular flexibility index (Phi) is 1.37. The Balaban J connectivity index is 2.37. The Bertz CT molecular complexity index is 111. The van der Waals surface area contributed by atoms with Crippen LogP contribution < -0.4 is 5.43 Å². The zero-order valence-electron chi connectivity index (χ0n) is 5.14. The van der Waals surface area contributed by atoms with E-state index in [1.807, 2.05) is 13.8 Å². The molecule has 0 spiro atoms. The first-order chi connectivity index (χ1) is 3.83. The summed E-state index contributed by atoms with van der Waals surface area (Å²) in [6, 6.07) is 0. The summed E-state index contributed by atoms with van der Waals surface area (Å²) >= 11 is 0. The summed E-state index contributed by atoms with van der Waals surface area (Å²) in [4.78, 5) is 0. The number of hydrogen-bond acceptors (Lipinski definition) is 3. The van der Waals surface area contributed by atoms with Crippen LogP contribution in [0, 0.1) is 0 Å². The normalized spacial score (nSPS) is 26.2. The summed E-state index contributed by atoms with van der Waals surface area (Å²) in [5.74, 6) is 0.803. The molecule has 3 nitrogen and oxygen atoms in total. The molecule has 1 aliphatic rings. The fraction of sp³-hybridized carbons (Fsp3) is 0.800. The minimum atomic E-state index is 0.0740.